The van der Waals surface area contributed by atoms with Crippen LogP contribution in [-0.4, -0.2) is 49.6 Å². The van der Waals surface area contributed by atoms with E-state index in [4.69, 9.17) is 37.4 Å². The van der Waals surface area contributed by atoms with Gasteiger partial charge in [-0.05, 0) is 32.9 Å². The zero-order valence-corrected chi connectivity index (χ0v) is 23.6. The van der Waals surface area contributed by atoms with Gasteiger partial charge in [0.2, 0.25) is 5.75 Å². The van der Waals surface area contributed by atoms with E-state index in [2.05, 4.69) is 4.18 Å². The lowest BCUT2D eigenvalue weighted by molar-refractivity contribution is -0.385. The molecule has 0 heterocycles. The normalized spacial score (nSPS) is 11.3. The number of benzene rings is 2. The molecule has 226 valence electrons. The summed E-state index contributed by atoms with van der Waals surface area (Å²) in [5, 5.41) is 21.6. The molecule has 0 aliphatic heterocycles. The van der Waals surface area contributed by atoms with Crippen molar-refractivity contribution >= 4 is 56.7 Å². The number of alkyl halides is 3. The molecule has 0 radical (unpaired) electrons. The van der Waals surface area contributed by atoms with Crippen LogP contribution < -0.4 is 13.7 Å². The maximum atomic E-state index is 12.2. The molecule has 0 N–H and O–H groups in total. The number of esters is 1. The van der Waals surface area contributed by atoms with Gasteiger partial charge < -0.3 is 18.4 Å². The second kappa shape index (κ2) is 15.2. The largest absolute Gasteiger partial charge is 0.534 e. The number of nitrogens with zero attached hydrogens (tertiary/aromatic N) is 2. The predicted octanol–water partition coefficient (Wildman–Crippen LogP) is 6.10. The predicted molar refractivity (Wildman–Crippen MR) is 140 cm³/mol. The standard InChI is InChI=1S/C13H14ClNO5.C9H7ClF3NO6S/c1-3-19-12-7-9(5-6-13(16)20-4-2)11(15(17)18)8-10(12)14;1-2-19-7-4-8(6(14(15)16)3-5(7)10)20-21(17,18)9(11,12)13/h5-8H,3-4H2,1-2H3;3-4H,2H2,1H3/b6-5+;. The lowest BCUT2D eigenvalue weighted by atomic mass is 10.1. The van der Waals surface area contributed by atoms with Crippen LogP contribution in [0.1, 0.15) is 26.3 Å². The molecule has 0 unspecified atom stereocenters. The van der Waals surface area contributed by atoms with E-state index in [1.165, 1.54) is 25.1 Å². The highest BCUT2D eigenvalue weighted by Gasteiger charge is 2.49. The fourth-order valence-electron chi connectivity index (χ4n) is 2.63. The van der Waals surface area contributed by atoms with E-state index in [0.717, 1.165) is 6.08 Å². The highest BCUT2D eigenvalue weighted by Crippen LogP contribution is 2.40. The van der Waals surface area contributed by atoms with E-state index in [-0.39, 0.29) is 40.3 Å². The monoisotopic (exact) mass is 648 g/mol. The Hall–Kier alpha value is -3.83. The zero-order chi connectivity index (χ0) is 31.5. The molecule has 0 fully saturated rings. The Kier molecular flexibility index (Phi) is 13.1. The highest BCUT2D eigenvalue weighted by atomic mass is 35.5. The van der Waals surface area contributed by atoms with Crippen LogP contribution >= 0.6 is 23.2 Å². The summed E-state index contributed by atoms with van der Waals surface area (Å²) < 4.78 is 77.2. The third-order valence-corrected chi connectivity index (χ3v) is 5.81. The Labute approximate surface area is 240 Å². The van der Waals surface area contributed by atoms with Crippen molar-refractivity contribution in [1.82, 2.24) is 0 Å². The summed E-state index contributed by atoms with van der Waals surface area (Å²) in [5.41, 5.74) is -6.77. The average molecular weight is 649 g/mol. The molecule has 0 saturated carbocycles. The molecule has 0 aliphatic rings. The Balaban J connectivity index is 0.000000410. The van der Waals surface area contributed by atoms with Crippen molar-refractivity contribution < 1.29 is 54.6 Å². The minimum Gasteiger partial charge on any atom is -0.492 e. The zero-order valence-electron chi connectivity index (χ0n) is 21.3. The van der Waals surface area contributed by atoms with Gasteiger partial charge in [0.1, 0.15) is 11.5 Å². The topological polar surface area (TPSA) is 174 Å². The van der Waals surface area contributed by atoms with Crippen LogP contribution in [0.5, 0.6) is 17.2 Å². The number of carbonyl (C=O) groups is 1. The van der Waals surface area contributed by atoms with E-state index >= 15 is 0 Å². The number of ether oxygens (including phenoxy) is 3. The molecule has 0 saturated heterocycles. The molecule has 41 heavy (non-hydrogen) atoms. The quantitative estimate of drug-likeness (QED) is 0.0687. The lowest BCUT2D eigenvalue weighted by Crippen LogP contribution is -2.28. The number of nitro groups is 2. The summed E-state index contributed by atoms with van der Waals surface area (Å²) in [7, 11) is -6.05. The number of hydrogen-bond acceptors (Lipinski definition) is 11. The first-order valence-electron chi connectivity index (χ1n) is 11.1. The lowest BCUT2D eigenvalue weighted by Gasteiger charge is -2.12. The van der Waals surface area contributed by atoms with Crippen molar-refractivity contribution in [2.45, 2.75) is 26.3 Å². The molecular weight excluding hydrogens is 628 g/mol. The maximum Gasteiger partial charge on any atom is 0.534 e. The molecule has 0 spiro atoms. The Morgan fingerprint density at radius 3 is 1.80 bits per heavy atom. The first kappa shape index (κ1) is 35.2. The number of nitro benzene ring substituents is 2. The van der Waals surface area contributed by atoms with Gasteiger partial charge in [-0.1, -0.05) is 23.2 Å². The van der Waals surface area contributed by atoms with Crippen molar-refractivity contribution in [2.24, 2.45) is 0 Å². The van der Waals surface area contributed by atoms with E-state index in [9.17, 15) is 46.6 Å². The molecule has 0 aromatic heterocycles. The van der Waals surface area contributed by atoms with Crippen LogP contribution in [0.3, 0.4) is 0 Å². The van der Waals surface area contributed by atoms with Crippen LogP contribution in [0, 0.1) is 20.2 Å². The fourth-order valence-corrected chi connectivity index (χ4v) is 3.52. The van der Waals surface area contributed by atoms with Gasteiger partial charge >= 0.3 is 27.3 Å². The summed E-state index contributed by atoms with van der Waals surface area (Å²) in [4.78, 5) is 31.2. The van der Waals surface area contributed by atoms with E-state index in [0.29, 0.717) is 24.5 Å². The molecule has 19 heteroatoms. The summed E-state index contributed by atoms with van der Waals surface area (Å²) in [5.74, 6) is -1.65. The number of carbonyl (C=O) groups excluding carboxylic acids is 1. The summed E-state index contributed by atoms with van der Waals surface area (Å²) >= 11 is 11.5. The summed E-state index contributed by atoms with van der Waals surface area (Å²) in [6.45, 7) is 5.61. The van der Waals surface area contributed by atoms with Crippen LogP contribution in [0.25, 0.3) is 6.08 Å². The van der Waals surface area contributed by atoms with Crippen molar-refractivity contribution in [1.29, 1.82) is 0 Å². The van der Waals surface area contributed by atoms with E-state index in [1.807, 2.05) is 0 Å². The molecule has 0 atom stereocenters. The van der Waals surface area contributed by atoms with Crippen molar-refractivity contribution in [3.63, 3.8) is 0 Å². The molecular formula is C22H21Cl2F3N2O11S. The van der Waals surface area contributed by atoms with Crippen molar-refractivity contribution in [2.75, 3.05) is 19.8 Å². The van der Waals surface area contributed by atoms with Crippen molar-refractivity contribution in [3.05, 3.63) is 66.2 Å². The van der Waals surface area contributed by atoms with Crippen LogP contribution in [-0.2, 0) is 19.6 Å². The maximum absolute atomic E-state index is 12.2. The summed E-state index contributed by atoms with van der Waals surface area (Å²) in [6.07, 6.45) is 2.42. The molecule has 2 aromatic carbocycles. The Morgan fingerprint density at radius 2 is 1.37 bits per heavy atom. The Morgan fingerprint density at radius 1 is 0.878 bits per heavy atom. The number of halogens is 5. The molecule has 13 nitrogen and oxygen atoms in total. The molecule has 2 aromatic rings. The molecule has 0 amide bonds. The number of hydrogen-bond donors (Lipinski definition) is 0. The van der Waals surface area contributed by atoms with Gasteiger partial charge in [-0.2, -0.15) is 21.6 Å². The third-order valence-electron chi connectivity index (χ3n) is 4.26. The molecule has 2 rings (SSSR count). The third kappa shape index (κ3) is 10.3. The smallest absolute Gasteiger partial charge is 0.492 e. The SMILES string of the molecule is CCOC(=O)/C=C/c1cc(OCC)c(Cl)cc1[N+](=O)[O-].CCOc1cc(OS(=O)(=O)C(F)(F)F)c([N+](=O)[O-])cc1Cl. The van der Waals surface area contributed by atoms with Crippen LogP contribution in [0.2, 0.25) is 10.0 Å². The Bertz CT molecular complexity index is 1420. The number of rotatable bonds is 11. The second-order valence-electron chi connectivity index (χ2n) is 7.04. The van der Waals surface area contributed by atoms with Crippen LogP contribution in [0.15, 0.2) is 30.3 Å². The average Bonchev–Trinajstić information content (AvgIpc) is 2.85. The van der Waals surface area contributed by atoms with E-state index < -0.39 is 42.9 Å². The van der Waals surface area contributed by atoms with Gasteiger partial charge in [0, 0.05) is 24.3 Å². The molecule has 0 bridgehead atoms. The van der Waals surface area contributed by atoms with Crippen LogP contribution in [0.4, 0.5) is 24.5 Å². The molecule has 0 aliphatic carbocycles. The first-order chi connectivity index (χ1) is 19.0. The highest BCUT2D eigenvalue weighted by molar-refractivity contribution is 7.88. The minimum absolute atomic E-state index is 0.0446. The fraction of sp³-hybridized carbons (Fsp3) is 0.318. The minimum atomic E-state index is -6.05. The summed E-state index contributed by atoms with van der Waals surface area (Å²) in [6, 6.07) is 3.85. The van der Waals surface area contributed by atoms with Gasteiger partial charge in [0.05, 0.1) is 45.3 Å². The second-order valence-corrected chi connectivity index (χ2v) is 9.39. The van der Waals surface area contributed by atoms with Gasteiger partial charge in [0.25, 0.3) is 5.69 Å². The van der Waals surface area contributed by atoms with Gasteiger partial charge in [-0.3, -0.25) is 20.2 Å². The van der Waals surface area contributed by atoms with Gasteiger partial charge in [-0.15, -0.1) is 0 Å². The first-order valence-corrected chi connectivity index (χ1v) is 13.2. The van der Waals surface area contributed by atoms with Gasteiger partial charge in [-0.25, -0.2) is 4.79 Å². The van der Waals surface area contributed by atoms with Crippen molar-refractivity contribution in [3.8, 4) is 17.2 Å². The van der Waals surface area contributed by atoms with Gasteiger partial charge in [0.15, 0.2) is 0 Å². The van der Waals surface area contributed by atoms with E-state index in [1.54, 1.807) is 13.8 Å².